The topological polar surface area (TPSA) is 79.2 Å². The molecule has 0 spiro atoms. The van der Waals surface area contributed by atoms with Crippen molar-refractivity contribution in [2.75, 3.05) is 18.0 Å². The Hall–Kier alpha value is -3.18. The minimum atomic E-state index is -0.108. The Labute approximate surface area is 187 Å². The minimum absolute atomic E-state index is 0.108. The Balaban J connectivity index is 1.73. The highest BCUT2D eigenvalue weighted by molar-refractivity contribution is 9.10. The molecular formula is C23H21BrN6O. The van der Waals surface area contributed by atoms with Gasteiger partial charge in [-0.2, -0.15) is 5.26 Å². The molecule has 8 heteroatoms. The number of aromatic nitrogens is 4. The van der Waals surface area contributed by atoms with Crippen molar-refractivity contribution in [1.29, 1.82) is 5.26 Å². The number of halogens is 1. The van der Waals surface area contributed by atoms with Crippen LogP contribution in [0.25, 0.3) is 16.7 Å². The number of hydrogen-bond acceptors (Lipinski definition) is 5. The third-order valence-corrected chi connectivity index (χ3v) is 6.35. The summed E-state index contributed by atoms with van der Waals surface area (Å²) in [5, 5.41) is 18.7. The van der Waals surface area contributed by atoms with E-state index in [1.165, 1.54) is 12.8 Å². The fourth-order valence-corrected chi connectivity index (χ4v) is 4.62. The molecule has 31 heavy (non-hydrogen) atoms. The lowest BCUT2D eigenvalue weighted by atomic mass is 10.1. The number of benzene rings is 2. The zero-order valence-corrected chi connectivity index (χ0v) is 18.5. The molecule has 0 saturated carbocycles. The van der Waals surface area contributed by atoms with E-state index in [4.69, 9.17) is 5.26 Å². The molecular weight excluding hydrogens is 456 g/mol. The van der Waals surface area contributed by atoms with Crippen LogP contribution in [0, 0.1) is 11.3 Å². The first-order chi connectivity index (χ1) is 15.2. The van der Waals surface area contributed by atoms with Crippen LogP contribution >= 0.6 is 15.9 Å². The van der Waals surface area contributed by atoms with Crippen LogP contribution in [0.1, 0.15) is 36.8 Å². The van der Waals surface area contributed by atoms with Crippen LogP contribution in [-0.2, 0) is 6.54 Å². The molecule has 1 saturated heterocycles. The molecule has 0 radical (unpaired) electrons. The maximum absolute atomic E-state index is 13.5. The van der Waals surface area contributed by atoms with E-state index in [2.05, 4.69) is 37.1 Å². The Morgan fingerprint density at radius 3 is 2.45 bits per heavy atom. The first kappa shape index (κ1) is 19.8. The van der Waals surface area contributed by atoms with E-state index in [1.807, 2.05) is 34.7 Å². The summed E-state index contributed by atoms with van der Waals surface area (Å²) in [5.74, 6) is 1.32. The first-order valence-corrected chi connectivity index (χ1v) is 11.3. The molecule has 156 valence electrons. The summed E-state index contributed by atoms with van der Waals surface area (Å²) >= 11 is 3.50. The molecule has 2 aromatic heterocycles. The van der Waals surface area contributed by atoms with Crippen molar-refractivity contribution in [3.8, 4) is 6.07 Å². The van der Waals surface area contributed by atoms with Gasteiger partial charge in [0.2, 0.25) is 11.7 Å². The van der Waals surface area contributed by atoms with Gasteiger partial charge in [0.05, 0.1) is 29.1 Å². The maximum atomic E-state index is 13.5. The summed E-state index contributed by atoms with van der Waals surface area (Å²) < 4.78 is 4.54. The average Bonchev–Trinajstić information content (AvgIpc) is 3.04. The number of hydrogen-bond donors (Lipinski definition) is 0. The zero-order valence-electron chi connectivity index (χ0n) is 17.0. The summed E-state index contributed by atoms with van der Waals surface area (Å²) in [5.41, 5.74) is 2.22. The smallest absolute Gasteiger partial charge is 0.263 e. The Kier molecular flexibility index (Phi) is 5.20. The van der Waals surface area contributed by atoms with Crippen molar-refractivity contribution in [1.82, 2.24) is 19.2 Å². The lowest BCUT2D eigenvalue weighted by molar-refractivity contribution is 0.726. The van der Waals surface area contributed by atoms with Gasteiger partial charge in [-0.1, -0.05) is 40.9 Å². The van der Waals surface area contributed by atoms with E-state index < -0.39 is 0 Å². The maximum Gasteiger partial charge on any atom is 0.263 e. The van der Waals surface area contributed by atoms with Crippen molar-refractivity contribution in [2.24, 2.45) is 0 Å². The third-order valence-electron chi connectivity index (χ3n) is 5.86. The van der Waals surface area contributed by atoms with Gasteiger partial charge in [-0.15, -0.1) is 10.2 Å². The molecule has 0 atom stereocenters. The van der Waals surface area contributed by atoms with E-state index >= 15 is 0 Å². The van der Waals surface area contributed by atoms with Crippen LogP contribution in [0.15, 0.2) is 51.7 Å². The predicted octanol–water partition coefficient (Wildman–Crippen LogP) is 4.11. The predicted molar refractivity (Wildman–Crippen MR) is 123 cm³/mol. The van der Waals surface area contributed by atoms with Gasteiger partial charge in [0.15, 0.2) is 0 Å². The lowest BCUT2D eigenvalue weighted by Crippen LogP contribution is -2.28. The molecule has 1 fully saturated rings. The van der Waals surface area contributed by atoms with E-state index in [0.29, 0.717) is 23.3 Å². The number of nitriles is 1. The lowest BCUT2D eigenvalue weighted by Gasteiger charge is -2.21. The van der Waals surface area contributed by atoms with Gasteiger partial charge in [-0.25, -0.2) is 4.40 Å². The second-order valence-corrected chi connectivity index (χ2v) is 8.81. The van der Waals surface area contributed by atoms with Crippen LogP contribution < -0.4 is 10.5 Å². The number of nitrogens with zero attached hydrogens (tertiary/aromatic N) is 6. The Morgan fingerprint density at radius 1 is 1.00 bits per heavy atom. The van der Waals surface area contributed by atoms with Gasteiger partial charge in [-0.05, 0) is 48.7 Å². The number of anilines is 1. The highest BCUT2D eigenvalue weighted by atomic mass is 79.9. The second kappa shape index (κ2) is 8.16. The Bertz CT molecular complexity index is 1360. The molecule has 5 rings (SSSR count). The van der Waals surface area contributed by atoms with Crippen LogP contribution in [-0.4, -0.2) is 32.3 Å². The van der Waals surface area contributed by atoms with Gasteiger partial charge in [-0.3, -0.25) is 9.36 Å². The van der Waals surface area contributed by atoms with Crippen LogP contribution in [0.2, 0.25) is 0 Å². The fraction of sp³-hybridized carbons (Fsp3) is 0.304. The molecule has 2 aromatic carbocycles. The van der Waals surface area contributed by atoms with Gasteiger partial charge < -0.3 is 4.90 Å². The van der Waals surface area contributed by atoms with E-state index in [-0.39, 0.29) is 5.56 Å². The molecule has 7 nitrogen and oxygen atoms in total. The van der Waals surface area contributed by atoms with Crippen molar-refractivity contribution in [2.45, 2.75) is 32.2 Å². The Morgan fingerprint density at radius 2 is 1.74 bits per heavy atom. The van der Waals surface area contributed by atoms with Gasteiger partial charge in [0.25, 0.3) is 5.56 Å². The van der Waals surface area contributed by atoms with Crippen molar-refractivity contribution in [3.63, 3.8) is 0 Å². The SMILES string of the molecule is N#Cc1ccc(Cn2c(=O)c3cc(Br)ccc3n3c(N4CCCCCC4)nnc23)cc1. The molecule has 0 aliphatic carbocycles. The van der Waals surface area contributed by atoms with E-state index in [0.717, 1.165) is 47.4 Å². The van der Waals surface area contributed by atoms with E-state index in [9.17, 15) is 4.79 Å². The summed E-state index contributed by atoms with van der Waals surface area (Å²) in [4.78, 5) is 15.7. The average molecular weight is 477 g/mol. The van der Waals surface area contributed by atoms with Gasteiger partial charge in [0, 0.05) is 17.6 Å². The summed E-state index contributed by atoms with van der Waals surface area (Å²) in [6.45, 7) is 2.23. The number of rotatable bonds is 3. The number of fused-ring (bicyclic) bond motifs is 3. The molecule has 0 bridgehead atoms. The molecule has 1 aliphatic heterocycles. The van der Waals surface area contributed by atoms with Crippen molar-refractivity contribution in [3.05, 3.63) is 68.4 Å². The molecule has 4 aromatic rings. The highest BCUT2D eigenvalue weighted by Crippen LogP contribution is 2.25. The van der Waals surface area contributed by atoms with Crippen LogP contribution in [0.3, 0.4) is 0 Å². The molecule has 0 amide bonds. The second-order valence-electron chi connectivity index (χ2n) is 7.90. The van der Waals surface area contributed by atoms with E-state index in [1.54, 1.807) is 16.7 Å². The highest BCUT2D eigenvalue weighted by Gasteiger charge is 2.21. The fourth-order valence-electron chi connectivity index (χ4n) is 4.25. The summed E-state index contributed by atoms with van der Waals surface area (Å²) in [6.07, 6.45) is 4.71. The van der Waals surface area contributed by atoms with Crippen LogP contribution in [0.4, 0.5) is 5.95 Å². The van der Waals surface area contributed by atoms with Gasteiger partial charge >= 0.3 is 0 Å². The molecule has 1 aliphatic rings. The van der Waals surface area contributed by atoms with Gasteiger partial charge in [0.1, 0.15) is 0 Å². The molecule has 0 unspecified atom stereocenters. The van der Waals surface area contributed by atoms with Crippen molar-refractivity contribution >= 4 is 38.6 Å². The standard InChI is InChI=1S/C23H21BrN6O/c24-18-9-10-20-19(13-18)21(31)29(15-17-7-5-16(14-25)6-8-17)23-27-26-22(30(20)23)28-11-3-1-2-4-12-28/h5-10,13H,1-4,11-12,15H2. The molecule has 3 heterocycles. The largest absolute Gasteiger partial charge is 0.341 e. The molecule has 0 N–H and O–H groups in total. The summed E-state index contributed by atoms with van der Waals surface area (Å²) in [6, 6.07) is 15.2. The quantitative estimate of drug-likeness (QED) is 0.444. The minimum Gasteiger partial charge on any atom is -0.341 e. The zero-order chi connectivity index (χ0) is 21.4. The first-order valence-electron chi connectivity index (χ1n) is 10.5. The normalized spacial score (nSPS) is 14.6. The summed E-state index contributed by atoms with van der Waals surface area (Å²) in [7, 11) is 0. The third kappa shape index (κ3) is 3.59. The van der Waals surface area contributed by atoms with Crippen molar-refractivity contribution < 1.29 is 0 Å². The monoisotopic (exact) mass is 476 g/mol. The van der Waals surface area contributed by atoms with Crippen LogP contribution in [0.5, 0.6) is 0 Å².